The fraction of sp³-hybridized carbons (Fsp3) is 0.286. The Bertz CT molecular complexity index is 566. The van der Waals surface area contributed by atoms with Crippen LogP contribution in [0.2, 0.25) is 0 Å². The number of rotatable bonds is 6. The van der Waals surface area contributed by atoms with Crippen LogP contribution in [0, 0.1) is 6.92 Å². The lowest BCUT2D eigenvalue weighted by atomic mass is 10.2. The standard InChI is InChI=1S/C14H17N3O2S/c1-10-16-8-13(20-10)9-17-12-4-2-11(3-5-12)14(19)15-6-7-18/h2-5,8,17-18H,6-7,9H2,1H3,(H,15,19). The van der Waals surface area contributed by atoms with Crippen molar-refractivity contribution in [3.05, 3.63) is 45.9 Å². The molecule has 0 saturated carbocycles. The van der Waals surface area contributed by atoms with Crippen LogP contribution in [-0.4, -0.2) is 29.1 Å². The van der Waals surface area contributed by atoms with Gasteiger partial charge in [-0.15, -0.1) is 11.3 Å². The summed E-state index contributed by atoms with van der Waals surface area (Å²) in [6.07, 6.45) is 1.86. The number of aliphatic hydroxyl groups is 1. The van der Waals surface area contributed by atoms with Gasteiger partial charge in [0.1, 0.15) is 0 Å². The number of hydrogen-bond acceptors (Lipinski definition) is 5. The van der Waals surface area contributed by atoms with Crippen LogP contribution in [0.15, 0.2) is 30.5 Å². The van der Waals surface area contributed by atoms with Crippen molar-refractivity contribution in [2.75, 3.05) is 18.5 Å². The van der Waals surface area contributed by atoms with Crippen LogP contribution in [0.25, 0.3) is 0 Å². The minimum Gasteiger partial charge on any atom is -0.395 e. The Morgan fingerprint density at radius 2 is 2.10 bits per heavy atom. The third-order valence-corrected chi connectivity index (χ3v) is 3.59. The van der Waals surface area contributed by atoms with Crippen LogP contribution in [0.5, 0.6) is 0 Å². The number of hydrogen-bond donors (Lipinski definition) is 3. The molecule has 5 nitrogen and oxygen atoms in total. The highest BCUT2D eigenvalue weighted by atomic mass is 32.1. The van der Waals surface area contributed by atoms with Crippen molar-refractivity contribution in [3.63, 3.8) is 0 Å². The molecule has 2 aromatic rings. The molecule has 106 valence electrons. The lowest BCUT2D eigenvalue weighted by Crippen LogP contribution is -2.26. The molecule has 0 unspecified atom stereocenters. The van der Waals surface area contributed by atoms with E-state index in [1.54, 1.807) is 23.5 Å². The molecule has 2 rings (SSSR count). The number of anilines is 1. The number of aliphatic hydroxyl groups excluding tert-OH is 1. The Morgan fingerprint density at radius 3 is 2.70 bits per heavy atom. The predicted octanol–water partition coefficient (Wildman–Crippen LogP) is 1.79. The van der Waals surface area contributed by atoms with Gasteiger partial charge in [0, 0.05) is 28.9 Å². The molecule has 0 spiro atoms. The van der Waals surface area contributed by atoms with Crippen LogP contribution in [-0.2, 0) is 6.54 Å². The number of aromatic nitrogens is 1. The van der Waals surface area contributed by atoms with Gasteiger partial charge >= 0.3 is 0 Å². The fourth-order valence-electron chi connectivity index (χ4n) is 1.69. The zero-order valence-electron chi connectivity index (χ0n) is 11.2. The van der Waals surface area contributed by atoms with E-state index in [0.29, 0.717) is 5.56 Å². The van der Waals surface area contributed by atoms with Crippen LogP contribution in [0.3, 0.4) is 0 Å². The number of thiazole rings is 1. The first-order valence-corrected chi connectivity index (χ1v) is 7.15. The van der Waals surface area contributed by atoms with E-state index >= 15 is 0 Å². The van der Waals surface area contributed by atoms with Crippen molar-refractivity contribution in [1.82, 2.24) is 10.3 Å². The average Bonchev–Trinajstić information content (AvgIpc) is 2.89. The number of nitrogens with zero attached hydrogens (tertiary/aromatic N) is 1. The van der Waals surface area contributed by atoms with Gasteiger partial charge in [-0.25, -0.2) is 4.98 Å². The highest BCUT2D eigenvalue weighted by molar-refractivity contribution is 7.11. The van der Waals surface area contributed by atoms with Gasteiger partial charge in [-0.2, -0.15) is 0 Å². The molecular weight excluding hydrogens is 274 g/mol. The van der Waals surface area contributed by atoms with Gasteiger partial charge in [0.15, 0.2) is 0 Å². The molecule has 1 heterocycles. The van der Waals surface area contributed by atoms with Crippen molar-refractivity contribution < 1.29 is 9.90 Å². The summed E-state index contributed by atoms with van der Waals surface area (Å²) in [4.78, 5) is 17.0. The SMILES string of the molecule is Cc1ncc(CNc2ccc(C(=O)NCCO)cc2)s1. The topological polar surface area (TPSA) is 74.2 Å². The zero-order valence-corrected chi connectivity index (χ0v) is 12.0. The number of carbonyl (C=O) groups is 1. The summed E-state index contributed by atoms with van der Waals surface area (Å²) in [6, 6.07) is 7.24. The number of nitrogens with one attached hydrogen (secondary N) is 2. The number of benzene rings is 1. The van der Waals surface area contributed by atoms with E-state index in [1.165, 1.54) is 4.88 Å². The van der Waals surface area contributed by atoms with Gasteiger partial charge in [0.05, 0.1) is 18.2 Å². The van der Waals surface area contributed by atoms with E-state index in [1.807, 2.05) is 25.3 Å². The Labute approximate surface area is 121 Å². The third-order valence-electron chi connectivity index (χ3n) is 2.68. The Hall–Kier alpha value is -1.92. The van der Waals surface area contributed by atoms with Gasteiger partial charge < -0.3 is 15.7 Å². The lowest BCUT2D eigenvalue weighted by Gasteiger charge is -2.06. The van der Waals surface area contributed by atoms with Crippen LogP contribution >= 0.6 is 11.3 Å². The van der Waals surface area contributed by atoms with Gasteiger partial charge in [-0.05, 0) is 31.2 Å². The quantitative estimate of drug-likeness (QED) is 0.758. The molecule has 0 aliphatic rings. The number of aryl methyl sites for hydroxylation is 1. The molecule has 0 aliphatic carbocycles. The zero-order chi connectivity index (χ0) is 14.4. The second-order valence-electron chi connectivity index (χ2n) is 4.26. The molecule has 0 bridgehead atoms. The molecule has 0 aliphatic heterocycles. The molecule has 0 atom stereocenters. The van der Waals surface area contributed by atoms with Crippen LogP contribution in [0.4, 0.5) is 5.69 Å². The first-order valence-electron chi connectivity index (χ1n) is 6.33. The molecule has 3 N–H and O–H groups in total. The second kappa shape index (κ2) is 7.02. The lowest BCUT2D eigenvalue weighted by molar-refractivity contribution is 0.0945. The summed E-state index contributed by atoms with van der Waals surface area (Å²) in [5.41, 5.74) is 1.53. The Morgan fingerprint density at radius 1 is 1.35 bits per heavy atom. The third kappa shape index (κ3) is 4.04. The van der Waals surface area contributed by atoms with Crippen molar-refractivity contribution >= 4 is 22.9 Å². The minimum atomic E-state index is -0.177. The first-order chi connectivity index (χ1) is 9.69. The largest absolute Gasteiger partial charge is 0.395 e. The highest BCUT2D eigenvalue weighted by Crippen LogP contribution is 2.15. The first kappa shape index (κ1) is 14.5. The van der Waals surface area contributed by atoms with Crippen molar-refractivity contribution in [1.29, 1.82) is 0 Å². The molecule has 0 fully saturated rings. The number of carbonyl (C=O) groups excluding carboxylic acids is 1. The smallest absolute Gasteiger partial charge is 0.251 e. The van der Waals surface area contributed by atoms with E-state index in [9.17, 15) is 4.79 Å². The Kier molecular flexibility index (Phi) is 5.09. The van der Waals surface area contributed by atoms with Gasteiger partial charge in [-0.3, -0.25) is 4.79 Å². The summed E-state index contributed by atoms with van der Waals surface area (Å²) in [6.45, 7) is 2.92. The molecule has 6 heteroatoms. The van der Waals surface area contributed by atoms with Crippen molar-refractivity contribution in [2.45, 2.75) is 13.5 Å². The van der Waals surface area contributed by atoms with E-state index < -0.39 is 0 Å². The van der Waals surface area contributed by atoms with Crippen molar-refractivity contribution in [3.8, 4) is 0 Å². The number of amides is 1. The van der Waals surface area contributed by atoms with Crippen molar-refractivity contribution in [2.24, 2.45) is 0 Å². The maximum atomic E-state index is 11.6. The van der Waals surface area contributed by atoms with E-state index in [0.717, 1.165) is 17.2 Å². The maximum absolute atomic E-state index is 11.6. The van der Waals surface area contributed by atoms with Gasteiger partial charge in [-0.1, -0.05) is 0 Å². The summed E-state index contributed by atoms with van der Waals surface area (Å²) >= 11 is 1.66. The molecule has 1 aromatic heterocycles. The summed E-state index contributed by atoms with van der Waals surface area (Å²) < 4.78 is 0. The predicted molar refractivity (Wildman–Crippen MR) is 80.0 cm³/mol. The highest BCUT2D eigenvalue weighted by Gasteiger charge is 2.04. The summed E-state index contributed by atoms with van der Waals surface area (Å²) in [5.74, 6) is -0.177. The minimum absolute atomic E-state index is 0.0559. The average molecular weight is 291 g/mol. The van der Waals surface area contributed by atoms with Gasteiger partial charge in [0.2, 0.25) is 0 Å². The van der Waals surface area contributed by atoms with E-state index in [2.05, 4.69) is 15.6 Å². The molecule has 1 aromatic carbocycles. The molecule has 0 radical (unpaired) electrons. The molecule has 1 amide bonds. The van der Waals surface area contributed by atoms with Crippen LogP contribution in [0.1, 0.15) is 20.2 Å². The van der Waals surface area contributed by atoms with Crippen LogP contribution < -0.4 is 10.6 Å². The van der Waals surface area contributed by atoms with Gasteiger partial charge in [0.25, 0.3) is 5.91 Å². The second-order valence-corrected chi connectivity index (χ2v) is 5.58. The molecule has 20 heavy (non-hydrogen) atoms. The maximum Gasteiger partial charge on any atom is 0.251 e. The summed E-state index contributed by atoms with van der Waals surface area (Å²) in [5, 5.41) is 15.6. The fourth-order valence-corrected chi connectivity index (χ4v) is 2.42. The van der Waals surface area contributed by atoms with E-state index in [4.69, 9.17) is 5.11 Å². The molecule has 0 saturated heterocycles. The van der Waals surface area contributed by atoms with E-state index in [-0.39, 0.29) is 19.1 Å². The monoisotopic (exact) mass is 291 g/mol. The Balaban J connectivity index is 1.89. The molecular formula is C14H17N3O2S. The normalized spacial score (nSPS) is 10.3. The summed E-state index contributed by atoms with van der Waals surface area (Å²) in [7, 11) is 0.